The van der Waals surface area contributed by atoms with Crippen LogP contribution in [0.4, 0.5) is 8.78 Å². The standard InChI is InChI=1S/C15H19F2NO2/c1-15(20-2)6-3-7-18(10-15)9-14(19)11-4-5-12(16)13(17)8-11/h4-5,8H,3,6-7,9-10H2,1-2H3. The largest absolute Gasteiger partial charge is 0.377 e. The number of halogens is 2. The number of rotatable bonds is 4. The van der Waals surface area contributed by atoms with E-state index in [9.17, 15) is 13.6 Å². The van der Waals surface area contributed by atoms with Gasteiger partial charge in [0.05, 0.1) is 12.1 Å². The van der Waals surface area contributed by atoms with Crippen molar-refractivity contribution < 1.29 is 18.3 Å². The van der Waals surface area contributed by atoms with Gasteiger partial charge in [0.25, 0.3) is 0 Å². The molecule has 1 unspecified atom stereocenters. The molecule has 1 aromatic rings. The lowest BCUT2D eigenvalue weighted by atomic mass is 9.94. The number of ether oxygens (including phenoxy) is 1. The number of likely N-dealkylation sites (tertiary alicyclic amines) is 1. The molecule has 2 rings (SSSR count). The summed E-state index contributed by atoms with van der Waals surface area (Å²) in [5.41, 5.74) is -0.0411. The normalized spacial score (nSPS) is 23.8. The smallest absolute Gasteiger partial charge is 0.176 e. The Balaban J connectivity index is 2.02. The number of carbonyl (C=O) groups is 1. The fourth-order valence-electron chi connectivity index (χ4n) is 2.57. The summed E-state index contributed by atoms with van der Waals surface area (Å²) in [6.45, 7) is 3.69. The van der Waals surface area contributed by atoms with Crippen molar-refractivity contribution in [2.75, 3.05) is 26.7 Å². The number of benzene rings is 1. The molecule has 1 saturated heterocycles. The molecule has 0 bridgehead atoms. The van der Waals surface area contributed by atoms with Crippen LogP contribution in [0.1, 0.15) is 30.1 Å². The number of Topliss-reactive ketones (excluding diaryl/α,β-unsaturated/α-hetero) is 1. The van der Waals surface area contributed by atoms with Gasteiger partial charge in [0.1, 0.15) is 0 Å². The molecule has 1 aliphatic heterocycles. The summed E-state index contributed by atoms with van der Waals surface area (Å²) in [6.07, 6.45) is 1.91. The lowest BCUT2D eigenvalue weighted by molar-refractivity contribution is -0.0485. The first-order valence-electron chi connectivity index (χ1n) is 6.69. The Morgan fingerprint density at radius 2 is 2.15 bits per heavy atom. The summed E-state index contributed by atoms with van der Waals surface area (Å²) in [5.74, 6) is -2.13. The number of piperidine rings is 1. The van der Waals surface area contributed by atoms with Crippen molar-refractivity contribution in [1.82, 2.24) is 4.90 Å². The first kappa shape index (κ1) is 15.1. The van der Waals surface area contributed by atoms with E-state index in [2.05, 4.69) is 0 Å². The average molecular weight is 283 g/mol. The number of nitrogens with zero attached hydrogens (tertiary/aromatic N) is 1. The van der Waals surface area contributed by atoms with Crippen molar-refractivity contribution in [3.8, 4) is 0 Å². The van der Waals surface area contributed by atoms with Crippen LogP contribution < -0.4 is 0 Å². The Bertz CT molecular complexity index is 507. The highest BCUT2D eigenvalue weighted by Crippen LogP contribution is 2.24. The molecule has 0 spiro atoms. The van der Waals surface area contributed by atoms with Gasteiger partial charge in [0.15, 0.2) is 17.4 Å². The molecule has 110 valence electrons. The zero-order valence-corrected chi connectivity index (χ0v) is 11.8. The van der Waals surface area contributed by atoms with Gasteiger partial charge >= 0.3 is 0 Å². The Morgan fingerprint density at radius 3 is 2.80 bits per heavy atom. The summed E-state index contributed by atoms with van der Waals surface area (Å²) >= 11 is 0. The molecule has 0 aromatic heterocycles. The second-order valence-electron chi connectivity index (χ2n) is 5.52. The van der Waals surface area contributed by atoms with E-state index in [0.29, 0.717) is 6.54 Å². The Labute approximate surface area is 117 Å². The lowest BCUT2D eigenvalue weighted by Gasteiger charge is -2.39. The summed E-state index contributed by atoms with van der Waals surface area (Å²) in [7, 11) is 1.67. The maximum atomic E-state index is 13.1. The van der Waals surface area contributed by atoms with Gasteiger partial charge in [-0.3, -0.25) is 9.69 Å². The van der Waals surface area contributed by atoms with Gasteiger partial charge < -0.3 is 4.74 Å². The van der Waals surface area contributed by atoms with E-state index in [1.165, 1.54) is 6.07 Å². The molecule has 0 amide bonds. The fraction of sp³-hybridized carbons (Fsp3) is 0.533. The zero-order chi connectivity index (χ0) is 14.8. The molecular weight excluding hydrogens is 264 g/mol. The van der Waals surface area contributed by atoms with Gasteiger partial charge in [-0.1, -0.05) is 0 Å². The van der Waals surface area contributed by atoms with E-state index in [1.807, 2.05) is 11.8 Å². The highest BCUT2D eigenvalue weighted by atomic mass is 19.2. The third-order valence-corrected chi connectivity index (χ3v) is 3.84. The van der Waals surface area contributed by atoms with Crippen LogP contribution in [-0.4, -0.2) is 43.0 Å². The molecule has 3 nitrogen and oxygen atoms in total. The lowest BCUT2D eigenvalue weighted by Crippen LogP contribution is -2.48. The quantitative estimate of drug-likeness (QED) is 0.796. The van der Waals surface area contributed by atoms with E-state index >= 15 is 0 Å². The summed E-state index contributed by atoms with van der Waals surface area (Å²) in [4.78, 5) is 14.1. The van der Waals surface area contributed by atoms with Gasteiger partial charge in [0, 0.05) is 19.2 Å². The molecule has 1 atom stereocenters. The van der Waals surface area contributed by atoms with Crippen LogP contribution in [0.25, 0.3) is 0 Å². The molecule has 0 saturated carbocycles. The Kier molecular flexibility index (Phi) is 4.50. The fourth-order valence-corrected chi connectivity index (χ4v) is 2.57. The highest BCUT2D eigenvalue weighted by molar-refractivity contribution is 5.97. The van der Waals surface area contributed by atoms with Gasteiger partial charge in [-0.25, -0.2) is 8.78 Å². The third kappa shape index (κ3) is 3.41. The highest BCUT2D eigenvalue weighted by Gasteiger charge is 2.31. The van der Waals surface area contributed by atoms with Gasteiger partial charge in [-0.2, -0.15) is 0 Å². The zero-order valence-electron chi connectivity index (χ0n) is 11.8. The van der Waals surface area contributed by atoms with Crippen molar-refractivity contribution in [2.24, 2.45) is 0 Å². The van der Waals surface area contributed by atoms with Crippen molar-refractivity contribution in [3.63, 3.8) is 0 Å². The van der Waals surface area contributed by atoms with Crippen molar-refractivity contribution in [1.29, 1.82) is 0 Å². The maximum absolute atomic E-state index is 13.1. The maximum Gasteiger partial charge on any atom is 0.176 e. The van der Waals surface area contributed by atoms with Crippen LogP contribution in [0.5, 0.6) is 0 Å². The molecule has 5 heteroatoms. The molecule has 0 aliphatic carbocycles. The monoisotopic (exact) mass is 283 g/mol. The van der Waals surface area contributed by atoms with E-state index in [-0.39, 0.29) is 23.5 Å². The first-order chi connectivity index (χ1) is 9.43. The predicted octanol–water partition coefficient (Wildman–Crippen LogP) is 2.65. The summed E-state index contributed by atoms with van der Waals surface area (Å²) in [5, 5.41) is 0. The minimum atomic E-state index is -0.990. The molecule has 0 radical (unpaired) electrons. The van der Waals surface area contributed by atoms with E-state index in [0.717, 1.165) is 31.5 Å². The topological polar surface area (TPSA) is 29.5 Å². The molecule has 0 N–H and O–H groups in total. The van der Waals surface area contributed by atoms with Crippen LogP contribution in [0.3, 0.4) is 0 Å². The van der Waals surface area contributed by atoms with Crippen LogP contribution in [0, 0.1) is 11.6 Å². The third-order valence-electron chi connectivity index (χ3n) is 3.84. The second kappa shape index (κ2) is 5.97. The van der Waals surface area contributed by atoms with E-state index in [1.54, 1.807) is 7.11 Å². The average Bonchev–Trinajstić information content (AvgIpc) is 2.42. The minimum Gasteiger partial charge on any atom is -0.377 e. The minimum absolute atomic E-state index is 0.198. The second-order valence-corrected chi connectivity index (χ2v) is 5.52. The Morgan fingerprint density at radius 1 is 1.40 bits per heavy atom. The Hall–Kier alpha value is -1.33. The summed E-state index contributed by atoms with van der Waals surface area (Å²) in [6, 6.07) is 3.26. The van der Waals surface area contributed by atoms with Crippen LogP contribution in [0.2, 0.25) is 0 Å². The molecular formula is C15H19F2NO2. The first-order valence-corrected chi connectivity index (χ1v) is 6.69. The number of carbonyl (C=O) groups excluding carboxylic acids is 1. The number of hydrogen-bond donors (Lipinski definition) is 0. The number of methoxy groups -OCH3 is 1. The number of ketones is 1. The van der Waals surface area contributed by atoms with Crippen LogP contribution in [-0.2, 0) is 4.74 Å². The van der Waals surface area contributed by atoms with Gasteiger partial charge in [0.2, 0.25) is 0 Å². The molecule has 1 fully saturated rings. The van der Waals surface area contributed by atoms with Gasteiger partial charge in [-0.05, 0) is 44.5 Å². The van der Waals surface area contributed by atoms with Crippen LogP contribution in [0.15, 0.2) is 18.2 Å². The molecule has 1 aliphatic rings. The number of hydrogen-bond acceptors (Lipinski definition) is 3. The molecule has 1 aromatic carbocycles. The van der Waals surface area contributed by atoms with E-state index in [4.69, 9.17) is 4.74 Å². The SMILES string of the molecule is COC1(C)CCCN(CC(=O)c2ccc(F)c(F)c2)C1. The molecule has 1 heterocycles. The van der Waals surface area contributed by atoms with Crippen molar-refractivity contribution in [2.45, 2.75) is 25.4 Å². The van der Waals surface area contributed by atoms with E-state index < -0.39 is 11.6 Å². The van der Waals surface area contributed by atoms with Crippen molar-refractivity contribution in [3.05, 3.63) is 35.4 Å². The summed E-state index contributed by atoms with van der Waals surface area (Å²) < 4.78 is 31.5. The predicted molar refractivity (Wildman–Crippen MR) is 71.8 cm³/mol. The van der Waals surface area contributed by atoms with Crippen LogP contribution >= 0.6 is 0 Å². The van der Waals surface area contributed by atoms with Crippen molar-refractivity contribution >= 4 is 5.78 Å². The molecule has 20 heavy (non-hydrogen) atoms. The van der Waals surface area contributed by atoms with Gasteiger partial charge in [-0.15, -0.1) is 0 Å².